The number of rotatable bonds is 19. The monoisotopic (exact) mass is 470 g/mol. The molecular formula is C28H54O5. The molecule has 0 aromatic rings. The molecule has 0 fully saturated rings. The Hall–Kier alpha value is -0.780. The van der Waals surface area contributed by atoms with E-state index < -0.39 is 16.6 Å². The fraction of sp³-hybridized carbons (Fsp3) is 0.929. The third kappa shape index (κ3) is 8.43. The van der Waals surface area contributed by atoms with Crippen LogP contribution in [0.3, 0.4) is 0 Å². The standard InChI is InChI=1S/C28H54O5/c1-11-18-23(20-25(30)27(10,31)15-5)33-28(16-6,17-7)26(9,14-4)24(29)19-21(8)32-22(12-2)13-3/h21-23,31H,11-20H2,1-10H3. The van der Waals surface area contributed by atoms with E-state index in [1.165, 1.54) is 0 Å². The van der Waals surface area contributed by atoms with E-state index >= 15 is 0 Å². The van der Waals surface area contributed by atoms with Crippen molar-refractivity contribution >= 4 is 11.6 Å². The summed E-state index contributed by atoms with van der Waals surface area (Å²) >= 11 is 0. The van der Waals surface area contributed by atoms with Gasteiger partial charge in [-0.05, 0) is 65.7 Å². The number of carbonyl (C=O) groups is 2. The summed E-state index contributed by atoms with van der Waals surface area (Å²) in [6, 6.07) is 0. The maximum atomic E-state index is 13.7. The molecule has 1 N–H and O–H groups in total. The Labute approximate surface area is 204 Å². The molecule has 0 amide bonds. The van der Waals surface area contributed by atoms with Crippen molar-refractivity contribution in [2.75, 3.05) is 0 Å². The van der Waals surface area contributed by atoms with E-state index in [9.17, 15) is 14.7 Å². The molecule has 0 saturated heterocycles. The van der Waals surface area contributed by atoms with Crippen molar-refractivity contribution in [2.24, 2.45) is 5.41 Å². The summed E-state index contributed by atoms with van der Waals surface area (Å²) in [5, 5.41) is 10.5. The molecular weight excluding hydrogens is 416 g/mol. The van der Waals surface area contributed by atoms with Crippen LogP contribution in [-0.4, -0.2) is 46.2 Å². The number of Topliss-reactive ketones (excluding diaryl/α,β-unsaturated/α-hetero) is 2. The molecule has 0 saturated carbocycles. The third-order valence-electron chi connectivity index (χ3n) is 7.98. The van der Waals surface area contributed by atoms with E-state index in [1.807, 2.05) is 20.8 Å². The van der Waals surface area contributed by atoms with Crippen LogP contribution in [0.1, 0.15) is 133 Å². The molecule has 0 aromatic heterocycles. The molecule has 0 bridgehead atoms. The first-order chi connectivity index (χ1) is 15.4. The number of ether oxygens (including phenoxy) is 2. The summed E-state index contributed by atoms with van der Waals surface area (Å²) in [7, 11) is 0. The summed E-state index contributed by atoms with van der Waals surface area (Å²) in [4.78, 5) is 26.5. The zero-order valence-corrected chi connectivity index (χ0v) is 23.4. The summed E-state index contributed by atoms with van der Waals surface area (Å²) in [6.45, 7) is 19.9. The van der Waals surface area contributed by atoms with Crippen molar-refractivity contribution in [1.82, 2.24) is 0 Å². The third-order valence-corrected chi connectivity index (χ3v) is 7.98. The maximum absolute atomic E-state index is 13.7. The van der Waals surface area contributed by atoms with Crippen LogP contribution in [0.25, 0.3) is 0 Å². The van der Waals surface area contributed by atoms with Gasteiger partial charge in [-0.15, -0.1) is 0 Å². The fourth-order valence-electron chi connectivity index (χ4n) is 4.91. The molecule has 5 nitrogen and oxygen atoms in total. The van der Waals surface area contributed by atoms with Gasteiger partial charge in [-0.2, -0.15) is 0 Å². The zero-order valence-electron chi connectivity index (χ0n) is 23.4. The number of hydrogen-bond donors (Lipinski definition) is 1. The Bertz CT molecular complexity index is 577. The normalized spacial score (nSPS) is 17.9. The van der Waals surface area contributed by atoms with Crippen molar-refractivity contribution in [3.63, 3.8) is 0 Å². The lowest BCUT2D eigenvalue weighted by Crippen LogP contribution is -2.55. The minimum atomic E-state index is -1.35. The largest absolute Gasteiger partial charge is 0.382 e. The molecule has 0 aliphatic carbocycles. The van der Waals surface area contributed by atoms with Crippen LogP contribution in [0.2, 0.25) is 0 Å². The van der Waals surface area contributed by atoms with Crippen molar-refractivity contribution < 1.29 is 24.2 Å². The fourth-order valence-corrected chi connectivity index (χ4v) is 4.91. The number of ketones is 2. The second-order valence-corrected chi connectivity index (χ2v) is 10.2. The van der Waals surface area contributed by atoms with Crippen LogP contribution in [-0.2, 0) is 19.1 Å². The van der Waals surface area contributed by atoms with Gasteiger partial charge < -0.3 is 14.6 Å². The average Bonchev–Trinajstić information content (AvgIpc) is 2.80. The Morgan fingerprint density at radius 1 is 0.788 bits per heavy atom. The Morgan fingerprint density at radius 3 is 1.73 bits per heavy atom. The van der Waals surface area contributed by atoms with Gasteiger partial charge in [0, 0.05) is 12.8 Å². The van der Waals surface area contributed by atoms with Gasteiger partial charge in [-0.25, -0.2) is 0 Å². The second-order valence-electron chi connectivity index (χ2n) is 10.2. The molecule has 0 radical (unpaired) electrons. The summed E-state index contributed by atoms with van der Waals surface area (Å²) in [6.07, 6.45) is 6.07. The molecule has 0 aliphatic rings. The molecule has 0 aliphatic heterocycles. The number of carbonyl (C=O) groups excluding carboxylic acids is 2. The van der Waals surface area contributed by atoms with Gasteiger partial charge in [-0.3, -0.25) is 9.59 Å². The van der Waals surface area contributed by atoms with Crippen molar-refractivity contribution in [2.45, 2.75) is 163 Å². The highest BCUT2D eigenvalue weighted by Crippen LogP contribution is 2.46. The highest BCUT2D eigenvalue weighted by atomic mass is 16.5. The molecule has 196 valence electrons. The lowest BCUT2D eigenvalue weighted by molar-refractivity contribution is -0.186. The average molecular weight is 471 g/mol. The molecule has 33 heavy (non-hydrogen) atoms. The van der Waals surface area contributed by atoms with Crippen LogP contribution in [0.5, 0.6) is 0 Å². The van der Waals surface area contributed by atoms with E-state index in [2.05, 4.69) is 41.5 Å². The Morgan fingerprint density at radius 2 is 1.33 bits per heavy atom. The summed E-state index contributed by atoms with van der Waals surface area (Å²) in [5.74, 6) is -0.0319. The van der Waals surface area contributed by atoms with Gasteiger partial charge in [0.15, 0.2) is 5.78 Å². The lowest BCUT2D eigenvalue weighted by Gasteiger charge is -2.49. The van der Waals surface area contributed by atoms with Crippen LogP contribution >= 0.6 is 0 Å². The molecule has 4 atom stereocenters. The minimum absolute atomic E-state index is 0.146. The molecule has 0 heterocycles. The van der Waals surface area contributed by atoms with Crippen LogP contribution in [0.4, 0.5) is 0 Å². The first-order valence-electron chi connectivity index (χ1n) is 13.5. The minimum Gasteiger partial charge on any atom is -0.382 e. The summed E-state index contributed by atoms with van der Waals surface area (Å²) < 4.78 is 12.9. The number of hydrogen-bond acceptors (Lipinski definition) is 5. The molecule has 0 spiro atoms. The first kappa shape index (κ1) is 32.2. The Balaban J connectivity index is 5.88. The predicted molar refractivity (Wildman–Crippen MR) is 137 cm³/mol. The van der Waals surface area contributed by atoms with Gasteiger partial charge in [0.2, 0.25) is 0 Å². The van der Waals surface area contributed by atoms with Crippen molar-refractivity contribution in [3.05, 3.63) is 0 Å². The van der Waals surface area contributed by atoms with E-state index in [0.29, 0.717) is 32.1 Å². The Kier molecular flexibility index (Phi) is 14.2. The van der Waals surface area contributed by atoms with E-state index in [1.54, 1.807) is 6.92 Å². The topological polar surface area (TPSA) is 72.8 Å². The second kappa shape index (κ2) is 14.6. The smallest absolute Gasteiger partial charge is 0.166 e. The molecule has 0 rings (SSSR count). The maximum Gasteiger partial charge on any atom is 0.166 e. The van der Waals surface area contributed by atoms with Gasteiger partial charge in [0.1, 0.15) is 11.4 Å². The lowest BCUT2D eigenvalue weighted by atomic mass is 9.64. The highest BCUT2D eigenvalue weighted by Gasteiger charge is 2.51. The SMILES string of the molecule is CCCC(CC(=O)C(C)(O)CC)OC(CC)(CC)C(C)(CC)C(=O)CC(C)OC(CC)CC. The number of aliphatic hydroxyl groups is 1. The van der Waals surface area contributed by atoms with Crippen molar-refractivity contribution in [1.29, 1.82) is 0 Å². The van der Waals surface area contributed by atoms with Crippen LogP contribution in [0.15, 0.2) is 0 Å². The van der Waals surface area contributed by atoms with Gasteiger partial charge in [0.05, 0.1) is 29.3 Å². The predicted octanol–water partition coefficient (Wildman–Crippen LogP) is 6.82. The molecule has 0 aromatic carbocycles. The molecule has 4 unspecified atom stereocenters. The van der Waals surface area contributed by atoms with Crippen LogP contribution < -0.4 is 0 Å². The van der Waals surface area contributed by atoms with Crippen LogP contribution in [0, 0.1) is 5.41 Å². The quantitative estimate of drug-likeness (QED) is 0.224. The van der Waals surface area contributed by atoms with E-state index in [0.717, 1.165) is 25.7 Å². The van der Waals surface area contributed by atoms with Gasteiger partial charge in [0.25, 0.3) is 0 Å². The zero-order chi connectivity index (χ0) is 25.9. The van der Waals surface area contributed by atoms with Gasteiger partial charge in [-0.1, -0.05) is 54.9 Å². The van der Waals surface area contributed by atoms with E-state index in [-0.39, 0.29) is 36.3 Å². The highest BCUT2D eigenvalue weighted by molar-refractivity contribution is 5.87. The summed E-state index contributed by atoms with van der Waals surface area (Å²) in [5.41, 5.74) is -2.71. The molecule has 5 heteroatoms. The first-order valence-corrected chi connectivity index (χ1v) is 13.5. The van der Waals surface area contributed by atoms with Crippen molar-refractivity contribution in [3.8, 4) is 0 Å². The van der Waals surface area contributed by atoms with E-state index in [4.69, 9.17) is 9.47 Å². The van der Waals surface area contributed by atoms with Gasteiger partial charge >= 0.3 is 0 Å².